The van der Waals surface area contributed by atoms with Crippen molar-refractivity contribution in [2.24, 2.45) is 0 Å². The van der Waals surface area contributed by atoms with E-state index in [4.69, 9.17) is 0 Å². The van der Waals surface area contributed by atoms with Gasteiger partial charge in [0.05, 0.1) is 31.9 Å². The van der Waals surface area contributed by atoms with Crippen LogP contribution in [0.15, 0.2) is 48.9 Å². The summed E-state index contributed by atoms with van der Waals surface area (Å²) in [7, 11) is 0. The van der Waals surface area contributed by atoms with E-state index < -0.39 is 0 Å². The van der Waals surface area contributed by atoms with Crippen LogP contribution >= 0.6 is 0 Å². The number of nitrogens with one attached hydrogen (secondary N) is 1. The summed E-state index contributed by atoms with van der Waals surface area (Å²) >= 11 is 0. The zero-order valence-electron chi connectivity index (χ0n) is 11.9. The number of pyridine rings is 2. The van der Waals surface area contributed by atoms with Gasteiger partial charge in [-0.25, -0.2) is 0 Å². The largest absolute Gasteiger partial charge is 0.327 e. The lowest BCUT2D eigenvalue weighted by molar-refractivity contribution is -0.917. The molecule has 1 N–H and O–H groups in total. The van der Waals surface area contributed by atoms with Gasteiger partial charge >= 0.3 is 0 Å². The van der Waals surface area contributed by atoms with E-state index in [2.05, 4.69) is 16.0 Å². The quantitative estimate of drug-likeness (QED) is 0.864. The number of quaternary nitrogens is 1. The standard InChI is InChI=1S/C16H18N4O/c21-16(14-4-7-17-8-5-14)20-11-9-19(10-12-20)13-15-3-1-2-6-18-15/h1-8H,9-13H2/p+1. The summed E-state index contributed by atoms with van der Waals surface area (Å²) in [5, 5.41) is 0. The third-order valence-corrected chi connectivity index (χ3v) is 3.84. The van der Waals surface area contributed by atoms with Crippen LogP contribution in [-0.2, 0) is 6.54 Å². The maximum absolute atomic E-state index is 12.3. The molecule has 2 aromatic rings. The summed E-state index contributed by atoms with van der Waals surface area (Å²) in [6, 6.07) is 9.56. The van der Waals surface area contributed by atoms with Gasteiger partial charge in [-0.2, -0.15) is 0 Å². The molecule has 3 heterocycles. The highest BCUT2D eigenvalue weighted by atomic mass is 16.2. The van der Waals surface area contributed by atoms with Crippen molar-refractivity contribution in [2.45, 2.75) is 6.54 Å². The number of amides is 1. The molecule has 2 aromatic heterocycles. The molecule has 0 bridgehead atoms. The van der Waals surface area contributed by atoms with Crippen LogP contribution < -0.4 is 4.90 Å². The van der Waals surface area contributed by atoms with E-state index >= 15 is 0 Å². The van der Waals surface area contributed by atoms with E-state index in [9.17, 15) is 4.79 Å². The molecule has 0 spiro atoms. The second kappa shape index (κ2) is 6.45. The second-order valence-electron chi connectivity index (χ2n) is 5.28. The van der Waals surface area contributed by atoms with Gasteiger partial charge in [-0.1, -0.05) is 6.07 Å². The fourth-order valence-corrected chi connectivity index (χ4v) is 2.64. The van der Waals surface area contributed by atoms with Gasteiger partial charge in [-0.05, 0) is 24.3 Å². The lowest BCUT2D eigenvalue weighted by Crippen LogP contribution is -3.13. The van der Waals surface area contributed by atoms with Gasteiger partial charge in [0, 0.05) is 24.2 Å². The van der Waals surface area contributed by atoms with Crippen molar-refractivity contribution < 1.29 is 9.69 Å². The van der Waals surface area contributed by atoms with Crippen LogP contribution in [0.5, 0.6) is 0 Å². The van der Waals surface area contributed by atoms with Gasteiger partial charge in [0.25, 0.3) is 5.91 Å². The predicted octanol–water partition coefficient (Wildman–Crippen LogP) is 0.0175. The minimum atomic E-state index is 0.106. The Morgan fingerprint density at radius 3 is 2.52 bits per heavy atom. The number of nitrogens with zero attached hydrogens (tertiary/aromatic N) is 3. The third kappa shape index (κ3) is 3.44. The Bertz CT molecular complexity index is 580. The predicted molar refractivity (Wildman–Crippen MR) is 78.8 cm³/mol. The molecule has 1 amide bonds. The molecule has 0 unspecified atom stereocenters. The number of rotatable bonds is 3. The molecule has 0 aliphatic carbocycles. The molecule has 5 heteroatoms. The van der Waals surface area contributed by atoms with Crippen molar-refractivity contribution in [2.75, 3.05) is 26.2 Å². The molecule has 1 fully saturated rings. The van der Waals surface area contributed by atoms with Gasteiger partial charge in [0.15, 0.2) is 0 Å². The van der Waals surface area contributed by atoms with Crippen LogP contribution in [0.2, 0.25) is 0 Å². The highest BCUT2D eigenvalue weighted by molar-refractivity contribution is 5.94. The first-order valence-corrected chi connectivity index (χ1v) is 7.26. The SMILES string of the molecule is O=C(c1ccncc1)N1CC[NH+](Cc2ccccn2)CC1. The molecule has 0 atom stereocenters. The zero-order chi connectivity index (χ0) is 14.5. The summed E-state index contributed by atoms with van der Waals surface area (Å²) in [5.41, 5.74) is 1.83. The first kappa shape index (κ1) is 13.7. The maximum atomic E-state index is 12.3. The lowest BCUT2D eigenvalue weighted by Gasteiger charge is -2.32. The topological polar surface area (TPSA) is 50.5 Å². The molecule has 21 heavy (non-hydrogen) atoms. The monoisotopic (exact) mass is 283 g/mol. The molecular formula is C16H19N4O+. The molecule has 0 saturated carbocycles. The second-order valence-corrected chi connectivity index (χ2v) is 5.28. The van der Waals surface area contributed by atoms with E-state index in [1.54, 1.807) is 24.5 Å². The van der Waals surface area contributed by atoms with Crippen LogP contribution in [0, 0.1) is 0 Å². The first-order chi connectivity index (χ1) is 10.3. The molecule has 0 aromatic carbocycles. The number of carbonyl (C=O) groups is 1. The zero-order valence-corrected chi connectivity index (χ0v) is 11.9. The maximum Gasteiger partial charge on any atom is 0.254 e. The molecule has 108 valence electrons. The Hall–Kier alpha value is -2.27. The van der Waals surface area contributed by atoms with E-state index in [1.165, 1.54) is 4.90 Å². The van der Waals surface area contributed by atoms with Crippen molar-refractivity contribution >= 4 is 5.91 Å². The number of hydrogen-bond acceptors (Lipinski definition) is 3. The fourth-order valence-electron chi connectivity index (χ4n) is 2.64. The molecule has 1 aliphatic rings. The van der Waals surface area contributed by atoms with E-state index in [0.29, 0.717) is 0 Å². The van der Waals surface area contributed by atoms with Gasteiger partial charge in [-0.15, -0.1) is 0 Å². The van der Waals surface area contributed by atoms with Crippen molar-refractivity contribution in [3.05, 3.63) is 60.2 Å². The highest BCUT2D eigenvalue weighted by Crippen LogP contribution is 2.03. The van der Waals surface area contributed by atoms with Crippen LogP contribution in [0.4, 0.5) is 0 Å². The van der Waals surface area contributed by atoms with Crippen LogP contribution in [0.3, 0.4) is 0 Å². The minimum absolute atomic E-state index is 0.106. The number of aromatic nitrogens is 2. The van der Waals surface area contributed by atoms with Gasteiger partial charge in [-0.3, -0.25) is 14.8 Å². The smallest absolute Gasteiger partial charge is 0.254 e. The number of piperazine rings is 1. The Morgan fingerprint density at radius 2 is 1.86 bits per heavy atom. The Balaban J connectivity index is 1.54. The summed E-state index contributed by atoms with van der Waals surface area (Å²) in [6.07, 6.45) is 5.16. The lowest BCUT2D eigenvalue weighted by atomic mass is 10.2. The van der Waals surface area contributed by atoms with Gasteiger partial charge in [0.1, 0.15) is 6.54 Å². The van der Waals surface area contributed by atoms with E-state index in [0.717, 1.165) is 44.0 Å². The summed E-state index contributed by atoms with van der Waals surface area (Å²) < 4.78 is 0. The molecule has 0 radical (unpaired) electrons. The summed E-state index contributed by atoms with van der Waals surface area (Å²) in [4.78, 5) is 24.1. The van der Waals surface area contributed by atoms with E-state index in [-0.39, 0.29) is 5.91 Å². The molecule has 1 saturated heterocycles. The van der Waals surface area contributed by atoms with E-state index in [1.807, 2.05) is 23.2 Å². The summed E-state index contributed by atoms with van der Waals surface area (Å²) in [5.74, 6) is 0.106. The van der Waals surface area contributed by atoms with Crippen molar-refractivity contribution in [1.82, 2.24) is 14.9 Å². The fraction of sp³-hybridized carbons (Fsp3) is 0.312. The minimum Gasteiger partial charge on any atom is -0.327 e. The molecular weight excluding hydrogens is 264 g/mol. The molecule has 1 aliphatic heterocycles. The van der Waals surface area contributed by atoms with Crippen molar-refractivity contribution in [1.29, 1.82) is 0 Å². The average molecular weight is 283 g/mol. The summed E-state index contributed by atoms with van der Waals surface area (Å²) in [6.45, 7) is 4.45. The number of carbonyl (C=O) groups excluding carboxylic acids is 1. The van der Waals surface area contributed by atoms with Crippen LogP contribution in [0.25, 0.3) is 0 Å². The van der Waals surface area contributed by atoms with Crippen LogP contribution in [-0.4, -0.2) is 47.0 Å². The average Bonchev–Trinajstić information content (AvgIpc) is 2.57. The Labute approximate surface area is 124 Å². The third-order valence-electron chi connectivity index (χ3n) is 3.84. The van der Waals surface area contributed by atoms with Gasteiger partial charge in [0.2, 0.25) is 0 Å². The molecule has 3 rings (SSSR count). The van der Waals surface area contributed by atoms with Crippen molar-refractivity contribution in [3.8, 4) is 0 Å². The van der Waals surface area contributed by atoms with Gasteiger partial charge < -0.3 is 9.80 Å². The Morgan fingerprint density at radius 1 is 1.10 bits per heavy atom. The number of hydrogen-bond donors (Lipinski definition) is 1. The normalized spacial score (nSPS) is 15.9. The Kier molecular flexibility index (Phi) is 4.21. The van der Waals surface area contributed by atoms with Crippen LogP contribution in [0.1, 0.15) is 16.1 Å². The highest BCUT2D eigenvalue weighted by Gasteiger charge is 2.24. The van der Waals surface area contributed by atoms with Crippen molar-refractivity contribution in [3.63, 3.8) is 0 Å². The molecule has 5 nitrogen and oxygen atoms in total. The first-order valence-electron chi connectivity index (χ1n) is 7.26.